The number of hydrogen-bond acceptors (Lipinski definition) is 7. The van der Waals surface area contributed by atoms with Crippen LogP contribution in [0.5, 0.6) is 11.5 Å². The Kier molecular flexibility index (Phi) is 7.37. The second-order valence-electron chi connectivity index (χ2n) is 6.90. The molecule has 4 rings (SSSR count). The normalized spacial score (nSPS) is 11.5. The molecule has 0 spiro atoms. The molecular weight excluding hydrogens is 440 g/mol. The summed E-state index contributed by atoms with van der Waals surface area (Å²) in [5, 5.41) is 15.0. The van der Waals surface area contributed by atoms with Crippen molar-refractivity contribution in [1.82, 2.24) is 10.2 Å². The molecule has 1 aromatic heterocycles. The molecule has 0 aliphatic carbocycles. The standard InChI is InChI=1S/C24H22N4O2S2/c1-17(31-24-28-27-23(32-24)25-16-18-8-4-2-5-9-18)22(29)26-19-12-14-21(15-13-19)30-20-10-6-3-7-11-20/h2-15,17H,16H2,1H3,(H,25,27)(H,26,29)/t17-/m1/s1. The number of ether oxygens (including phenoxy) is 1. The zero-order chi connectivity index (χ0) is 22.2. The second kappa shape index (κ2) is 10.8. The molecule has 0 aliphatic rings. The maximum absolute atomic E-state index is 12.6. The largest absolute Gasteiger partial charge is 0.457 e. The Morgan fingerprint density at radius 3 is 2.31 bits per heavy atom. The molecule has 2 N–H and O–H groups in total. The third kappa shape index (κ3) is 6.32. The van der Waals surface area contributed by atoms with Gasteiger partial charge in [0.05, 0.1) is 5.25 Å². The summed E-state index contributed by atoms with van der Waals surface area (Å²) in [6.45, 7) is 2.53. The highest BCUT2D eigenvalue weighted by molar-refractivity contribution is 8.02. The smallest absolute Gasteiger partial charge is 0.237 e. The number of aromatic nitrogens is 2. The summed E-state index contributed by atoms with van der Waals surface area (Å²) in [5.74, 6) is 1.38. The molecule has 0 aliphatic heterocycles. The van der Waals surface area contributed by atoms with Crippen LogP contribution in [0.1, 0.15) is 12.5 Å². The van der Waals surface area contributed by atoms with Crippen LogP contribution in [0.15, 0.2) is 89.3 Å². The lowest BCUT2D eigenvalue weighted by Crippen LogP contribution is -2.22. The van der Waals surface area contributed by atoms with Gasteiger partial charge >= 0.3 is 0 Å². The van der Waals surface area contributed by atoms with Crippen molar-refractivity contribution >= 4 is 39.8 Å². The molecule has 32 heavy (non-hydrogen) atoms. The zero-order valence-corrected chi connectivity index (χ0v) is 19.0. The number of rotatable bonds is 9. The van der Waals surface area contributed by atoms with Crippen molar-refractivity contribution in [3.63, 3.8) is 0 Å². The molecule has 0 unspecified atom stereocenters. The summed E-state index contributed by atoms with van der Waals surface area (Å²) < 4.78 is 6.52. The highest BCUT2D eigenvalue weighted by atomic mass is 32.2. The van der Waals surface area contributed by atoms with Crippen molar-refractivity contribution in [1.29, 1.82) is 0 Å². The molecule has 162 valence electrons. The fraction of sp³-hybridized carbons (Fsp3) is 0.125. The van der Waals surface area contributed by atoms with Gasteiger partial charge in [0.2, 0.25) is 11.0 Å². The Hall–Kier alpha value is -3.36. The average molecular weight is 463 g/mol. The Labute approximate surface area is 195 Å². The molecule has 8 heteroatoms. The second-order valence-corrected chi connectivity index (χ2v) is 9.47. The molecule has 4 aromatic rings. The SMILES string of the molecule is C[C@@H](Sc1nnc(NCc2ccccc2)s1)C(=O)Nc1ccc(Oc2ccccc2)cc1. The lowest BCUT2D eigenvalue weighted by atomic mass is 10.2. The summed E-state index contributed by atoms with van der Waals surface area (Å²) in [5.41, 5.74) is 1.88. The van der Waals surface area contributed by atoms with Gasteiger partial charge in [0.25, 0.3) is 0 Å². The molecule has 6 nitrogen and oxygen atoms in total. The molecule has 1 amide bonds. The molecule has 0 bridgehead atoms. The molecule has 1 atom stereocenters. The topological polar surface area (TPSA) is 76.1 Å². The van der Waals surface area contributed by atoms with E-state index in [1.165, 1.54) is 28.7 Å². The Balaban J connectivity index is 1.26. The molecular formula is C24H22N4O2S2. The van der Waals surface area contributed by atoms with Gasteiger partial charge in [-0.2, -0.15) is 0 Å². The Morgan fingerprint density at radius 2 is 1.59 bits per heavy atom. The average Bonchev–Trinajstić information content (AvgIpc) is 3.27. The van der Waals surface area contributed by atoms with E-state index in [9.17, 15) is 4.79 Å². The van der Waals surface area contributed by atoms with Crippen molar-refractivity contribution in [3.8, 4) is 11.5 Å². The summed E-state index contributed by atoms with van der Waals surface area (Å²) in [6.07, 6.45) is 0. The van der Waals surface area contributed by atoms with Crippen molar-refractivity contribution in [2.24, 2.45) is 0 Å². The maximum atomic E-state index is 12.6. The molecule has 0 saturated carbocycles. The van der Waals surface area contributed by atoms with E-state index < -0.39 is 0 Å². The van der Waals surface area contributed by atoms with Crippen LogP contribution < -0.4 is 15.4 Å². The van der Waals surface area contributed by atoms with Crippen LogP contribution in [0.25, 0.3) is 0 Å². The minimum Gasteiger partial charge on any atom is -0.457 e. The van der Waals surface area contributed by atoms with E-state index in [1.54, 1.807) is 0 Å². The van der Waals surface area contributed by atoms with Crippen LogP contribution >= 0.6 is 23.1 Å². The highest BCUT2D eigenvalue weighted by Crippen LogP contribution is 2.30. The number of amides is 1. The van der Waals surface area contributed by atoms with Crippen LogP contribution in [-0.2, 0) is 11.3 Å². The van der Waals surface area contributed by atoms with Gasteiger partial charge in [-0.15, -0.1) is 10.2 Å². The fourth-order valence-electron chi connectivity index (χ4n) is 2.78. The van der Waals surface area contributed by atoms with E-state index in [-0.39, 0.29) is 11.2 Å². The van der Waals surface area contributed by atoms with Gasteiger partial charge in [0.1, 0.15) is 11.5 Å². The number of nitrogens with zero attached hydrogens (tertiary/aromatic N) is 2. The van der Waals surface area contributed by atoms with Crippen molar-refractivity contribution in [3.05, 3.63) is 90.5 Å². The van der Waals surface area contributed by atoms with Crippen LogP contribution in [-0.4, -0.2) is 21.4 Å². The first-order valence-corrected chi connectivity index (χ1v) is 11.8. The summed E-state index contributed by atoms with van der Waals surface area (Å²) in [7, 11) is 0. The third-order valence-electron chi connectivity index (χ3n) is 4.44. The van der Waals surface area contributed by atoms with Gasteiger partial charge in [-0.05, 0) is 48.9 Å². The molecule has 0 fully saturated rings. The molecule has 1 heterocycles. The number of carbonyl (C=O) groups excluding carboxylic acids is 1. The lowest BCUT2D eigenvalue weighted by Gasteiger charge is -2.11. The van der Waals surface area contributed by atoms with Gasteiger partial charge in [-0.1, -0.05) is 71.6 Å². The molecule has 0 saturated heterocycles. The van der Waals surface area contributed by atoms with Crippen molar-refractivity contribution in [2.45, 2.75) is 23.1 Å². The van der Waals surface area contributed by atoms with E-state index in [0.717, 1.165) is 15.2 Å². The number of hydrogen-bond donors (Lipinski definition) is 2. The third-order valence-corrected chi connectivity index (χ3v) is 6.51. The Morgan fingerprint density at radius 1 is 0.938 bits per heavy atom. The molecule has 3 aromatic carbocycles. The molecule has 0 radical (unpaired) electrons. The maximum Gasteiger partial charge on any atom is 0.237 e. The first kappa shape index (κ1) is 21.9. The van der Waals surface area contributed by atoms with E-state index in [4.69, 9.17) is 4.74 Å². The van der Waals surface area contributed by atoms with E-state index in [2.05, 4.69) is 33.0 Å². The number of para-hydroxylation sites is 1. The van der Waals surface area contributed by atoms with Gasteiger partial charge in [-0.3, -0.25) is 4.79 Å². The lowest BCUT2D eigenvalue weighted by molar-refractivity contribution is -0.115. The quantitative estimate of drug-likeness (QED) is 0.294. The van der Waals surface area contributed by atoms with Gasteiger partial charge in [0, 0.05) is 12.2 Å². The number of anilines is 2. The minimum absolute atomic E-state index is 0.0966. The van der Waals surface area contributed by atoms with Crippen LogP contribution in [0.3, 0.4) is 0 Å². The monoisotopic (exact) mass is 462 g/mol. The van der Waals surface area contributed by atoms with Crippen LogP contribution in [0.2, 0.25) is 0 Å². The summed E-state index contributed by atoms with van der Waals surface area (Å²) in [6, 6.07) is 27.0. The van der Waals surface area contributed by atoms with Gasteiger partial charge in [0.15, 0.2) is 4.34 Å². The number of nitrogens with one attached hydrogen (secondary N) is 2. The van der Waals surface area contributed by atoms with Crippen molar-refractivity contribution < 1.29 is 9.53 Å². The zero-order valence-electron chi connectivity index (χ0n) is 17.4. The van der Waals surface area contributed by atoms with E-state index >= 15 is 0 Å². The van der Waals surface area contributed by atoms with Gasteiger partial charge < -0.3 is 15.4 Å². The Bertz CT molecular complexity index is 1140. The number of carbonyl (C=O) groups is 1. The first-order valence-electron chi connectivity index (χ1n) is 10.1. The predicted octanol–water partition coefficient (Wildman–Crippen LogP) is 6.06. The van der Waals surface area contributed by atoms with Crippen LogP contribution in [0.4, 0.5) is 10.8 Å². The predicted molar refractivity (Wildman–Crippen MR) is 131 cm³/mol. The number of thioether (sulfide) groups is 1. The van der Waals surface area contributed by atoms with Crippen LogP contribution in [0, 0.1) is 0 Å². The summed E-state index contributed by atoms with van der Waals surface area (Å²) >= 11 is 2.83. The first-order chi connectivity index (χ1) is 15.7. The van der Waals surface area contributed by atoms with Gasteiger partial charge in [-0.25, -0.2) is 0 Å². The van der Waals surface area contributed by atoms with E-state index in [0.29, 0.717) is 18.0 Å². The van der Waals surface area contributed by atoms with Crippen molar-refractivity contribution in [2.75, 3.05) is 10.6 Å². The minimum atomic E-state index is -0.315. The summed E-state index contributed by atoms with van der Waals surface area (Å²) in [4.78, 5) is 12.6. The highest BCUT2D eigenvalue weighted by Gasteiger charge is 2.17. The fourth-order valence-corrected chi connectivity index (χ4v) is 4.67. The number of benzene rings is 3. The van der Waals surface area contributed by atoms with E-state index in [1.807, 2.05) is 79.7 Å².